The molecule has 0 saturated carbocycles. The van der Waals surface area contributed by atoms with E-state index >= 15 is 0 Å². The number of aliphatic hydroxyl groups excluding tert-OH is 2. The number of imide groups is 1. The number of fused-ring (bicyclic) bond motifs is 1. The van der Waals surface area contributed by atoms with Crippen molar-refractivity contribution in [1.82, 2.24) is 9.80 Å². The second kappa shape index (κ2) is 13.1. The van der Waals surface area contributed by atoms with Gasteiger partial charge in [0.25, 0.3) is 0 Å². The Balaban J connectivity index is 0.000000360. The summed E-state index contributed by atoms with van der Waals surface area (Å²) >= 11 is 0. The van der Waals surface area contributed by atoms with Crippen LogP contribution in [-0.2, 0) is 14.4 Å². The van der Waals surface area contributed by atoms with Crippen molar-refractivity contribution in [2.24, 2.45) is 16.8 Å². The van der Waals surface area contributed by atoms with Gasteiger partial charge in [-0.2, -0.15) is 4.99 Å². The van der Waals surface area contributed by atoms with E-state index < -0.39 is 36.1 Å². The van der Waals surface area contributed by atoms with E-state index in [1.165, 1.54) is 29.2 Å². The molecule has 2 heterocycles. The Morgan fingerprint density at radius 1 is 0.949 bits per heavy atom. The second-order valence-corrected chi connectivity index (χ2v) is 9.08. The van der Waals surface area contributed by atoms with E-state index in [4.69, 9.17) is 20.4 Å². The number of piperidine rings is 1. The standard InChI is InChI=1S/C22H22FN3O3.C4H6O6/c23-17-7-5-15(6-8-17)20(27)16-9-11-25(12-10-16)13-14-26-21(28)18-3-1-2-4-19(18)24-22(26)29;5-1(3(7)8)2(6)4(9)10/h1-8,16,18H,9-14H2;1-2,5-6H,(H,7,8)(H,9,10)/t;1-,2-/m.1/s1. The molecule has 0 bridgehead atoms. The fourth-order valence-electron chi connectivity index (χ4n) is 4.27. The van der Waals surface area contributed by atoms with Gasteiger partial charge >= 0.3 is 18.0 Å². The van der Waals surface area contributed by atoms with Crippen molar-refractivity contribution in [2.75, 3.05) is 26.2 Å². The molecule has 1 aliphatic carbocycles. The normalized spacial score (nSPS) is 20.8. The van der Waals surface area contributed by atoms with Crippen molar-refractivity contribution in [1.29, 1.82) is 0 Å². The number of hydrogen-bond acceptors (Lipinski definition) is 8. The highest BCUT2D eigenvalue weighted by atomic mass is 19.1. The summed E-state index contributed by atoms with van der Waals surface area (Å²) in [6.07, 6.45) is 3.89. The topological polar surface area (TPSA) is 185 Å². The fraction of sp³-hybridized carbons (Fsp3) is 0.385. The number of Topliss-reactive ketones (excluding diaryl/α,β-unsaturated/α-hetero) is 1. The van der Waals surface area contributed by atoms with Crippen LogP contribution in [0.5, 0.6) is 0 Å². The highest BCUT2D eigenvalue weighted by molar-refractivity contribution is 6.21. The van der Waals surface area contributed by atoms with Gasteiger partial charge in [0.2, 0.25) is 5.91 Å². The van der Waals surface area contributed by atoms with Crippen molar-refractivity contribution >= 4 is 35.4 Å². The Hall–Kier alpha value is -4.07. The minimum atomic E-state index is -2.27. The van der Waals surface area contributed by atoms with E-state index in [1.54, 1.807) is 24.3 Å². The lowest BCUT2D eigenvalue weighted by Crippen LogP contribution is -2.49. The molecule has 12 nitrogen and oxygen atoms in total. The van der Waals surface area contributed by atoms with Crippen molar-refractivity contribution in [2.45, 2.75) is 25.0 Å². The Bertz CT molecular complexity index is 1190. The lowest BCUT2D eigenvalue weighted by atomic mass is 9.89. The zero-order valence-electron chi connectivity index (χ0n) is 20.7. The smallest absolute Gasteiger partial charge is 0.350 e. The molecule has 39 heavy (non-hydrogen) atoms. The van der Waals surface area contributed by atoms with Gasteiger partial charge in [-0.1, -0.05) is 18.2 Å². The number of aliphatic carboxylic acids is 2. The van der Waals surface area contributed by atoms with E-state index in [0.717, 1.165) is 0 Å². The summed E-state index contributed by atoms with van der Waals surface area (Å²) in [5.74, 6) is -4.63. The maximum atomic E-state index is 13.0. The number of ketones is 1. The number of likely N-dealkylation sites (tertiary alicyclic amines) is 1. The molecule has 4 N–H and O–H groups in total. The van der Waals surface area contributed by atoms with Crippen LogP contribution in [0.25, 0.3) is 0 Å². The summed E-state index contributed by atoms with van der Waals surface area (Å²) in [5.41, 5.74) is 1.04. The molecule has 0 spiro atoms. The number of halogens is 1. The van der Waals surface area contributed by atoms with E-state index in [9.17, 15) is 28.4 Å². The Morgan fingerprint density at radius 2 is 1.54 bits per heavy atom. The Kier molecular flexibility index (Phi) is 9.93. The van der Waals surface area contributed by atoms with Gasteiger partial charge in [0, 0.05) is 24.6 Å². The number of urea groups is 1. The summed E-state index contributed by atoms with van der Waals surface area (Å²) in [6.45, 7) is 2.29. The number of allylic oxidation sites excluding steroid dienone is 3. The molecule has 1 aromatic rings. The fourth-order valence-corrected chi connectivity index (χ4v) is 4.27. The van der Waals surface area contributed by atoms with Crippen molar-refractivity contribution in [3.63, 3.8) is 0 Å². The first kappa shape index (κ1) is 29.5. The first-order valence-electron chi connectivity index (χ1n) is 12.1. The molecule has 208 valence electrons. The third-order valence-corrected chi connectivity index (χ3v) is 6.52. The number of benzene rings is 1. The molecule has 4 rings (SSSR count). The first-order chi connectivity index (χ1) is 18.5. The van der Waals surface area contributed by atoms with E-state index in [0.29, 0.717) is 50.3 Å². The van der Waals surface area contributed by atoms with Crippen LogP contribution < -0.4 is 0 Å². The third kappa shape index (κ3) is 7.50. The maximum Gasteiger partial charge on any atom is 0.350 e. The minimum absolute atomic E-state index is 0.0463. The lowest BCUT2D eigenvalue weighted by Gasteiger charge is -2.34. The molecule has 1 fully saturated rings. The zero-order chi connectivity index (χ0) is 28.7. The van der Waals surface area contributed by atoms with Crippen LogP contribution in [0.1, 0.15) is 23.2 Å². The predicted molar refractivity (Wildman–Crippen MR) is 133 cm³/mol. The molecule has 3 atom stereocenters. The number of nitrogens with zero attached hydrogens (tertiary/aromatic N) is 3. The third-order valence-electron chi connectivity index (χ3n) is 6.52. The van der Waals surface area contributed by atoms with Gasteiger partial charge in [0.15, 0.2) is 18.0 Å². The molecule has 1 aromatic carbocycles. The second-order valence-electron chi connectivity index (χ2n) is 9.08. The van der Waals surface area contributed by atoms with E-state index in [-0.39, 0.29) is 23.4 Å². The first-order valence-corrected chi connectivity index (χ1v) is 12.1. The molecular formula is C26H28FN3O9. The molecule has 0 radical (unpaired) electrons. The van der Waals surface area contributed by atoms with Crippen molar-refractivity contribution in [3.8, 4) is 0 Å². The van der Waals surface area contributed by atoms with Crippen LogP contribution in [0.4, 0.5) is 9.18 Å². The highest BCUT2D eigenvalue weighted by Gasteiger charge is 2.36. The Labute approximate surface area is 222 Å². The van der Waals surface area contributed by atoms with Gasteiger partial charge in [-0.25, -0.2) is 18.8 Å². The quantitative estimate of drug-likeness (QED) is 0.340. The summed E-state index contributed by atoms with van der Waals surface area (Å²) in [6, 6.07) is 5.16. The van der Waals surface area contributed by atoms with Crippen LogP contribution >= 0.6 is 0 Å². The highest BCUT2D eigenvalue weighted by Crippen LogP contribution is 2.23. The van der Waals surface area contributed by atoms with Crippen LogP contribution in [0, 0.1) is 17.7 Å². The Morgan fingerprint density at radius 3 is 2.10 bits per heavy atom. The molecule has 1 saturated heterocycles. The molecule has 2 aliphatic heterocycles. The number of hydrogen-bond donors (Lipinski definition) is 4. The van der Waals surface area contributed by atoms with Gasteiger partial charge in [0.05, 0.1) is 11.6 Å². The predicted octanol–water partition coefficient (Wildman–Crippen LogP) is 0.743. The number of carbonyl (C=O) groups is 5. The molecule has 3 aliphatic rings. The van der Waals surface area contributed by atoms with Crippen LogP contribution in [0.15, 0.2) is 53.6 Å². The lowest BCUT2D eigenvalue weighted by molar-refractivity contribution is -0.165. The average Bonchev–Trinajstić information content (AvgIpc) is 2.92. The van der Waals surface area contributed by atoms with Crippen molar-refractivity contribution in [3.05, 3.63) is 60.0 Å². The van der Waals surface area contributed by atoms with Crippen LogP contribution in [0.2, 0.25) is 0 Å². The maximum absolute atomic E-state index is 13.0. The molecular weight excluding hydrogens is 517 g/mol. The summed E-state index contributed by atoms with van der Waals surface area (Å²) in [4.78, 5) is 64.4. The van der Waals surface area contributed by atoms with Gasteiger partial charge in [-0.15, -0.1) is 0 Å². The average molecular weight is 546 g/mol. The van der Waals surface area contributed by atoms with Gasteiger partial charge in [-0.05, 0) is 56.3 Å². The van der Waals surface area contributed by atoms with Gasteiger partial charge < -0.3 is 25.3 Å². The van der Waals surface area contributed by atoms with E-state index in [2.05, 4.69) is 9.89 Å². The molecule has 13 heteroatoms. The van der Waals surface area contributed by atoms with Gasteiger partial charge in [-0.3, -0.25) is 14.5 Å². The largest absolute Gasteiger partial charge is 0.479 e. The minimum Gasteiger partial charge on any atom is -0.479 e. The number of amides is 3. The molecule has 3 amide bonds. The number of aliphatic hydroxyl groups is 2. The zero-order valence-corrected chi connectivity index (χ0v) is 20.7. The summed E-state index contributed by atoms with van der Waals surface area (Å²) in [5, 5.41) is 32.5. The molecule has 0 aromatic heterocycles. The van der Waals surface area contributed by atoms with Gasteiger partial charge in [0.1, 0.15) is 5.82 Å². The number of carboxylic acids is 2. The number of rotatable bonds is 8. The van der Waals surface area contributed by atoms with Crippen LogP contribution in [-0.4, -0.2) is 104 Å². The van der Waals surface area contributed by atoms with E-state index in [1.807, 2.05) is 0 Å². The number of carboxylic acid groups (broad SMARTS) is 2. The molecule has 1 unspecified atom stereocenters. The number of carbonyl (C=O) groups excluding carboxylic acids is 3. The summed E-state index contributed by atoms with van der Waals surface area (Å²) < 4.78 is 13.0. The monoisotopic (exact) mass is 545 g/mol. The van der Waals surface area contributed by atoms with Crippen molar-refractivity contribution < 1.29 is 48.8 Å². The number of aliphatic imine (C=N–C) groups is 1. The SMILES string of the molecule is O=C(O)[C@H](O)[C@@H](O)C(=O)O.O=C(c1ccc(F)cc1)C1CCN(CCN2C(=O)N=C3C=CC=CC3C2=O)CC1. The van der Waals surface area contributed by atoms with Crippen LogP contribution in [0.3, 0.4) is 0 Å². The summed E-state index contributed by atoms with van der Waals surface area (Å²) in [7, 11) is 0.